The van der Waals surface area contributed by atoms with E-state index in [9.17, 15) is 9.59 Å². The molecule has 2 N–H and O–H groups in total. The number of rotatable bonds is 4. The second-order valence-corrected chi connectivity index (χ2v) is 6.68. The first kappa shape index (κ1) is 16.6. The number of carbonyl (C=O) groups excluding carboxylic acids is 2. The average Bonchev–Trinajstić information content (AvgIpc) is 3.10. The summed E-state index contributed by atoms with van der Waals surface area (Å²) >= 11 is 1.51. The number of methoxy groups -OCH3 is 1. The molecular weight excluding hydrogens is 326 g/mol. The Kier molecular flexibility index (Phi) is 5.22. The molecule has 0 bridgehead atoms. The second-order valence-electron chi connectivity index (χ2n) is 5.62. The van der Waals surface area contributed by atoms with Crippen LogP contribution in [-0.2, 0) is 4.74 Å². The van der Waals surface area contributed by atoms with Gasteiger partial charge in [0.15, 0.2) is 5.13 Å². The SMILES string of the molecule is COC(=O)c1cccc(C(=O)Nc2ncc(C3CCNCC3)s2)c1. The molecule has 0 radical (unpaired) electrons. The van der Waals surface area contributed by atoms with Crippen molar-refractivity contribution in [2.45, 2.75) is 18.8 Å². The maximum atomic E-state index is 12.4. The first-order valence-corrected chi connectivity index (χ1v) is 8.65. The Morgan fingerprint density at radius 3 is 2.79 bits per heavy atom. The lowest BCUT2D eigenvalue weighted by molar-refractivity contribution is 0.0600. The maximum Gasteiger partial charge on any atom is 0.337 e. The molecule has 7 heteroatoms. The van der Waals surface area contributed by atoms with Gasteiger partial charge in [0.05, 0.1) is 12.7 Å². The van der Waals surface area contributed by atoms with Crippen LogP contribution in [0.3, 0.4) is 0 Å². The van der Waals surface area contributed by atoms with Crippen LogP contribution >= 0.6 is 11.3 Å². The topological polar surface area (TPSA) is 80.3 Å². The van der Waals surface area contributed by atoms with Crippen LogP contribution in [0.1, 0.15) is 44.4 Å². The third-order valence-electron chi connectivity index (χ3n) is 4.03. The van der Waals surface area contributed by atoms with Crippen LogP contribution in [0.15, 0.2) is 30.5 Å². The van der Waals surface area contributed by atoms with E-state index in [1.165, 1.54) is 29.4 Å². The molecule has 6 nitrogen and oxygen atoms in total. The highest BCUT2D eigenvalue weighted by molar-refractivity contribution is 7.15. The first-order chi connectivity index (χ1) is 11.7. The standard InChI is InChI=1S/C17H19N3O3S/c1-23-16(22)13-4-2-3-12(9-13)15(21)20-17-19-10-14(24-17)11-5-7-18-8-6-11/h2-4,9-11,18H,5-8H2,1H3,(H,19,20,21). The Balaban J connectivity index is 1.68. The fraction of sp³-hybridized carbons (Fsp3) is 0.353. The molecule has 1 aliphatic rings. The van der Waals surface area contributed by atoms with E-state index < -0.39 is 5.97 Å². The number of hydrogen-bond acceptors (Lipinski definition) is 6. The van der Waals surface area contributed by atoms with E-state index in [1.54, 1.807) is 18.2 Å². The van der Waals surface area contributed by atoms with Gasteiger partial charge in [-0.15, -0.1) is 11.3 Å². The monoisotopic (exact) mass is 345 g/mol. The average molecular weight is 345 g/mol. The van der Waals surface area contributed by atoms with Crippen molar-refractivity contribution in [3.05, 3.63) is 46.5 Å². The lowest BCUT2D eigenvalue weighted by Gasteiger charge is -2.20. The van der Waals surface area contributed by atoms with Crippen molar-refractivity contribution < 1.29 is 14.3 Å². The molecule has 2 aromatic rings. The number of thiazole rings is 1. The lowest BCUT2D eigenvalue weighted by Crippen LogP contribution is -2.26. The van der Waals surface area contributed by atoms with Crippen LogP contribution in [0.25, 0.3) is 0 Å². The minimum Gasteiger partial charge on any atom is -0.465 e. The summed E-state index contributed by atoms with van der Waals surface area (Å²) in [6, 6.07) is 6.44. The number of piperidine rings is 1. The van der Waals surface area contributed by atoms with E-state index in [4.69, 9.17) is 0 Å². The van der Waals surface area contributed by atoms with E-state index in [-0.39, 0.29) is 5.91 Å². The van der Waals surface area contributed by atoms with E-state index in [0.29, 0.717) is 22.2 Å². The fourth-order valence-electron chi connectivity index (χ4n) is 2.71. The van der Waals surface area contributed by atoms with Crippen LogP contribution in [0.2, 0.25) is 0 Å². The molecular formula is C17H19N3O3S. The highest BCUT2D eigenvalue weighted by Crippen LogP contribution is 2.31. The number of hydrogen-bond donors (Lipinski definition) is 2. The lowest BCUT2D eigenvalue weighted by atomic mass is 9.97. The number of anilines is 1. The summed E-state index contributed by atoms with van der Waals surface area (Å²) in [5, 5.41) is 6.72. The minimum absolute atomic E-state index is 0.285. The van der Waals surface area contributed by atoms with Crippen molar-refractivity contribution in [3.8, 4) is 0 Å². The van der Waals surface area contributed by atoms with Gasteiger partial charge in [0.25, 0.3) is 5.91 Å². The third-order valence-corrected chi connectivity index (χ3v) is 5.11. The Hall–Kier alpha value is -2.25. The van der Waals surface area contributed by atoms with E-state index in [1.807, 2.05) is 6.20 Å². The third kappa shape index (κ3) is 3.80. The molecule has 0 unspecified atom stereocenters. The zero-order valence-corrected chi connectivity index (χ0v) is 14.2. The molecule has 126 valence electrons. The van der Waals surface area contributed by atoms with Gasteiger partial charge in [0.1, 0.15) is 0 Å². The molecule has 0 atom stereocenters. The van der Waals surface area contributed by atoms with Gasteiger partial charge in [0, 0.05) is 16.6 Å². The molecule has 3 rings (SSSR count). The Morgan fingerprint density at radius 1 is 1.29 bits per heavy atom. The van der Waals surface area contributed by atoms with E-state index in [0.717, 1.165) is 25.9 Å². The van der Waals surface area contributed by atoms with Crippen LogP contribution in [0.4, 0.5) is 5.13 Å². The number of amides is 1. The number of esters is 1. The molecule has 24 heavy (non-hydrogen) atoms. The van der Waals surface area contributed by atoms with Crippen molar-refractivity contribution in [1.29, 1.82) is 0 Å². The molecule has 1 saturated heterocycles. The zero-order chi connectivity index (χ0) is 16.9. The van der Waals surface area contributed by atoms with Gasteiger partial charge in [-0.05, 0) is 50.0 Å². The van der Waals surface area contributed by atoms with Crippen molar-refractivity contribution in [1.82, 2.24) is 10.3 Å². The smallest absolute Gasteiger partial charge is 0.337 e. The molecule has 0 saturated carbocycles. The maximum absolute atomic E-state index is 12.4. The normalized spacial score (nSPS) is 15.0. The van der Waals surface area contributed by atoms with Gasteiger partial charge in [-0.25, -0.2) is 9.78 Å². The molecule has 1 aromatic heterocycles. The van der Waals surface area contributed by atoms with Crippen LogP contribution in [0, 0.1) is 0 Å². The van der Waals surface area contributed by atoms with Gasteiger partial charge < -0.3 is 10.1 Å². The summed E-state index contributed by atoms with van der Waals surface area (Å²) in [4.78, 5) is 29.4. The quantitative estimate of drug-likeness (QED) is 0.833. The number of ether oxygens (including phenoxy) is 1. The number of carbonyl (C=O) groups is 2. The summed E-state index contributed by atoms with van der Waals surface area (Å²) in [6.45, 7) is 2.04. The Labute approximate surface area is 144 Å². The number of nitrogens with zero attached hydrogens (tertiary/aromatic N) is 1. The van der Waals surface area contributed by atoms with Gasteiger partial charge in [-0.2, -0.15) is 0 Å². The molecule has 1 aliphatic heterocycles. The summed E-state index contributed by atoms with van der Waals surface area (Å²) < 4.78 is 4.67. The predicted octanol–water partition coefficient (Wildman–Crippen LogP) is 2.65. The number of aromatic nitrogens is 1. The van der Waals surface area contributed by atoms with Crippen molar-refractivity contribution in [2.75, 3.05) is 25.5 Å². The summed E-state index contributed by atoms with van der Waals surface area (Å²) in [6.07, 6.45) is 4.04. The van der Waals surface area contributed by atoms with Crippen LogP contribution < -0.4 is 10.6 Å². The molecule has 1 aromatic carbocycles. The zero-order valence-electron chi connectivity index (χ0n) is 13.4. The Bertz CT molecular complexity index is 738. The highest BCUT2D eigenvalue weighted by atomic mass is 32.1. The van der Waals surface area contributed by atoms with Crippen molar-refractivity contribution >= 4 is 28.3 Å². The van der Waals surface area contributed by atoms with Crippen LogP contribution in [-0.4, -0.2) is 37.1 Å². The molecule has 1 fully saturated rings. The van der Waals surface area contributed by atoms with E-state index in [2.05, 4.69) is 20.4 Å². The van der Waals surface area contributed by atoms with Crippen LogP contribution in [0.5, 0.6) is 0 Å². The largest absolute Gasteiger partial charge is 0.465 e. The highest BCUT2D eigenvalue weighted by Gasteiger charge is 2.19. The number of benzene rings is 1. The minimum atomic E-state index is -0.466. The summed E-state index contributed by atoms with van der Waals surface area (Å²) in [7, 11) is 1.31. The van der Waals surface area contributed by atoms with Gasteiger partial charge >= 0.3 is 5.97 Å². The second kappa shape index (κ2) is 7.55. The van der Waals surface area contributed by atoms with Crippen molar-refractivity contribution in [3.63, 3.8) is 0 Å². The number of nitrogens with one attached hydrogen (secondary N) is 2. The molecule has 2 heterocycles. The fourth-order valence-corrected chi connectivity index (χ4v) is 3.69. The first-order valence-electron chi connectivity index (χ1n) is 7.83. The molecule has 0 aliphatic carbocycles. The summed E-state index contributed by atoms with van der Waals surface area (Å²) in [5.74, 6) is -0.240. The summed E-state index contributed by atoms with van der Waals surface area (Å²) in [5.41, 5.74) is 0.746. The molecule has 0 spiro atoms. The Morgan fingerprint density at radius 2 is 2.04 bits per heavy atom. The molecule has 1 amide bonds. The van der Waals surface area contributed by atoms with E-state index >= 15 is 0 Å². The predicted molar refractivity (Wildman–Crippen MR) is 92.7 cm³/mol. The van der Waals surface area contributed by atoms with Gasteiger partial charge in [-0.3, -0.25) is 10.1 Å². The van der Waals surface area contributed by atoms with Gasteiger partial charge in [-0.1, -0.05) is 6.07 Å². The van der Waals surface area contributed by atoms with Crippen molar-refractivity contribution in [2.24, 2.45) is 0 Å². The van der Waals surface area contributed by atoms with Gasteiger partial charge in [0.2, 0.25) is 0 Å².